The highest BCUT2D eigenvalue weighted by atomic mass is 31.2. The van der Waals surface area contributed by atoms with Gasteiger partial charge in [-0.3, -0.25) is 28.5 Å². The van der Waals surface area contributed by atoms with Crippen LogP contribution in [-0.2, 0) is 66.2 Å². The van der Waals surface area contributed by atoms with Crippen LogP contribution in [0.4, 0.5) is 0 Å². The number of hydrogen-bond acceptors (Lipinski definition) is 14. The number of carbonyl (C=O) groups excluding carboxylic acids is 5. The molecule has 5 amide bonds. The molecule has 0 aliphatic rings. The minimum absolute atomic E-state index is 0.0126. The number of amides is 5. The van der Waals surface area contributed by atoms with Crippen LogP contribution in [0.1, 0.15) is 32.1 Å². The van der Waals surface area contributed by atoms with Gasteiger partial charge in [0.05, 0.1) is 79.3 Å². The van der Waals surface area contributed by atoms with E-state index in [1.54, 1.807) is 7.11 Å². The molecule has 0 aliphatic carbocycles. The van der Waals surface area contributed by atoms with Crippen molar-refractivity contribution in [2.45, 2.75) is 44.2 Å². The van der Waals surface area contributed by atoms with E-state index >= 15 is 0 Å². The summed E-state index contributed by atoms with van der Waals surface area (Å²) in [5.74, 6) is -2.55. The Kier molecular flexibility index (Phi) is 31.1. The van der Waals surface area contributed by atoms with Crippen LogP contribution in [0.25, 0.3) is 0 Å². The van der Waals surface area contributed by atoms with Crippen molar-refractivity contribution < 1.29 is 71.1 Å². The van der Waals surface area contributed by atoms with Crippen LogP contribution in [0.2, 0.25) is 0 Å². The number of ether oxygens (including phenoxy) is 7. The molecule has 0 aromatic rings. The molecule has 0 rings (SSSR count). The molecular weight excluding hydrogens is 713 g/mol. The molecule has 0 bridgehead atoms. The highest BCUT2D eigenvalue weighted by Gasteiger charge is 2.25. The van der Waals surface area contributed by atoms with Gasteiger partial charge < -0.3 is 69.2 Å². The summed E-state index contributed by atoms with van der Waals surface area (Å²) in [6.45, 7) is 4.26. The lowest BCUT2D eigenvalue weighted by molar-refractivity contribution is -0.131. The Morgan fingerprint density at radius 1 is 0.519 bits per heavy atom. The van der Waals surface area contributed by atoms with Gasteiger partial charge in [0.15, 0.2) is 0 Å². The largest absolute Gasteiger partial charge is 0.382 e. The standard InChI is InChI=1S/C31H60N5O15P/c1-44-17-20-48-14-10-32-27(37)7-5-25(30(40)33-11-15-49-21-18-45-2)35-28(38)8-6-26(31(41)34-12-16-50-22-19-46-3)36-29(39)9-13-47-23-24-51-52(4,42)43/h25-26H,5-24H2,1-4H3,(H,32,37)(H,33,40)(H,34,41)(H,35,38)(H,36,39)(H,42,43). The van der Waals surface area contributed by atoms with Crippen molar-refractivity contribution >= 4 is 37.1 Å². The Balaban J connectivity index is 5.25. The second kappa shape index (κ2) is 32.8. The van der Waals surface area contributed by atoms with Crippen LogP contribution < -0.4 is 26.6 Å². The van der Waals surface area contributed by atoms with Gasteiger partial charge in [-0.15, -0.1) is 0 Å². The molecule has 0 fully saturated rings. The Bertz CT molecular complexity index is 1040. The van der Waals surface area contributed by atoms with E-state index in [2.05, 4.69) is 26.6 Å². The number of nitrogens with one attached hydrogen (secondary N) is 5. The molecule has 0 saturated carbocycles. The van der Waals surface area contributed by atoms with Gasteiger partial charge in [-0.25, -0.2) is 0 Å². The second-order valence-electron chi connectivity index (χ2n) is 11.1. The summed E-state index contributed by atoms with van der Waals surface area (Å²) in [6.07, 6.45) is -0.584. The molecule has 3 atom stereocenters. The number of hydrogen-bond donors (Lipinski definition) is 6. The fraction of sp³-hybridized carbons (Fsp3) is 0.839. The maximum Gasteiger partial charge on any atom is 0.325 e. The summed E-state index contributed by atoms with van der Waals surface area (Å²) >= 11 is 0. The van der Waals surface area contributed by atoms with E-state index in [0.717, 1.165) is 6.66 Å². The molecular formula is C31H60N5O15P. The van der Waals surface area contributed by atoms with E-state index in [1.165, 1.54) is 14.2 Å². The maximum atomic E-state index is 13.1. The monoisotopic (exact) mass is 773 g/mol. The third kappa shape index (κ3) is 30.8. The highest BCUT2D eigenvalue weighted by Crippen LogP contribution is 2.35. The Hall–Kier alpha value is -2.78. The molecule has 3 unspecified atom stereocenters. The maximum absolute atomic E-state index is 13.1. The molecule has 304 valence electrons. The summed E-state index contributed by atoms with van der Waals surface area (Å²) in [4.78, 5) is 73.3. The Morgan fingerprint density at radius 2 is 0.904 bits per heavy atom. The van der Waals surface area contributed by atoms with Gasteiger partial charge in [-0.1, -0.05) is 0 Å². The summed E-state index contributed by atoms with van der Waals surface area (Å²) in [6, 6.07) is -2.19. The molecule has 6 N–H and O–H groups in total. The molecule has 0 heterocycles. The fourth-order valence-electron chi connectivity index (χ4n) is 3.98. The van der Waals surface area contributed by atoms with Gasteiger partial charge in [0, 0.05) is 66.9 Å². The third-order valence-corrected chi connectivity index (χ3v) is 7.27. The zero-order valence-electron chi connectivity index (χ0n) is 30.9. The van der Waals surface area contributed by atoms with Gasteiger partial charge >= 0.3 is 7.60 Å². The Labute approximate surface area is 305 Å². The van der Waals surface area contributed by atoms with Crippen molar-refractivity contribution in [3.05, 3.63) is 0 Å². The molecule has 52 heavy (non-hydrogen) atoms. The van der Waals surface area contributed by atoms with Crippen LogP contribution in [0.3, 0.4) is 0 Å². The van der Waals surface area contributed by atoms with Crippen LogP contribution in [0, 0.1) is 0 Å². The van der Waals surface area contributed by atoms with Crippen LogP contribution in [0.15, 0.2) is 0 Å². The van der Waals surface area contributed by atoms with E-state index in [9.17, 15) is 28.5 Å². The average Bonchev–Trinajstić information content (AvgIpc) is 3.10. The van der Waals surface area contributed by atoms with Crippen molar-refractivity contribution in [1.82, 2.24) is 26.6 Å². The second-order valence-corrected chi connectivity index (χ2v) is 12.9. The first-order chi connectivity index (χ1) is 24.9. The molecule has 21 heteroatoms. The van der Waals surface area contributed by atoms with Crippen LogP contribution >= 0.6 is 7.60 Å². The molecule has 0 spiro atoms. The summed E-state index contributed by atoms with van der Waals surface area (Å²) < 4.78 is 51.9. The topological polar surface area (TPSA) is 257 Å². The van der Waals surface area contributed by atoms with Crippen LogP contribution in [-0.4, -0.2) is 173 Å². The minimum Gasteiger partial charge on any atom is -0.382 e. The predicted octanol–water partition coefficient (Wildman–Crippen LogP) is -1.91. The van der Waals surface area contributed by atoms with Crippen molar-refractivity contribution in [2.24, 2.45) is 0 Å². The van der Waals surface area contributed by atoms with E-state index < -0.39 is 43.3 Å². The van der Waals surface area contributed by atoms with Gasteiger partial charge in [0.25, 0.3) is 0 Å². The van der Waals surface area contributed by atoms with E-state index in [0.29, 0.717) is 39.6 Å². The highest BCUT2D eigenvalue weighted by molar-refractivity contribution is 7.51. The van der Waals surface area contributed by atoms with E-state index in [-0.39, 0.29) is 97.3 Å². The number of methoxy groups -OCH3 is 3. The molecule has 20 nitrogen and oxygen atoms in total. The molecule has 0 aliphatic heterocycles. The zero-order chi connectivity index (χ0) is 38.9. The lowest BCUT2D eigenvalue weighted by Gasteiger charge is -2.21. The number of rotatable bonds is 35. The first-order valence-corrected chi connectivity index (χ1v) is 19.1. The van der Waals surface area contributed by atoms with Gasteiger partial charge in [-0.05, 0) is 12.8 Å². The van der Waals surface area contributed by atoms with Crippen LogP contribution in [0.5, 0.6) is 0 Å². The predicted molar refractivity (Wildman–Crippen MR) is 187 cm³/mol. The van der Waals surface area contributed by atoms with E-state index in [1.807, 2.05) is 0 Å². The minimum atomic E-state index is -3.65. The van der Waals surface area contributed by atoms with Crippen molar-refractivity contribution in [3.8, 4) is 0 Å². The number of carbonyl (C=O) groups is 5. The molecule has 0 saturated heterocycles. The van der Waals surface area contributed by atoms with Crippen molar-refractivity contribution in [2.75, 3.05) is 127 Å². The smallest absolute Gasteiger partial charge is 0.325 e. The summed E-state index contributed by atoms with van der Waals surface area (Å²) in [5.41, 5.74) is 0. The average molecular weight is 774 g/mol. The normalized spacial score (nSPS) is 13.4. The van der Waals surface area contributed by atoms with Crippen molar-refractivity contribution in [3.63, 3.8) is 0 Å². The lowest BCUT2D eigenvalue weighted by atomic mass is 10.1. The first kappa shape index (κ1) is 49.2. The first-order valence-electron chi connectivity index (χ1n) is 17.1. The lowest BCUT2D eigenvalue weighted by Crippen LogP contribution is -2.50. The van der Waals surface area contributed by atoms with Crippen molar-refractivity contribution in [1.29, 1.82) is 0 Å². The summed E-state index contributed by atoms with van der Waals surface area (Å²) in [5, 5.41) is 13.3. The zero-order valence-corrected chi connectivity index (χ0v) is 31.8. The Morgan fingerprint density at radius 3 is 1.35 bits per heavy atom. The van der Waals surface area contributed by atoms with Gasteiger partial charge in [-0.2, -0.15) is 0 Å². The molecule has 0 radical (unpaired) electrons. The van der Waals surface area contributed by atoms with E-state index in [4.69, 9.17) is 42.6 Å². The molecule has 0 aromatic carbocycles. The molecule has 0 aromatic heterocycles. The third-order valence-electron chi connectivity index (χ3n) is 6.61. The summed E-state index contributed by atoms with van der Waals surface area (Å²) in [7, 11) is 0.969. The van der Waals surface area contributed by atoms with Gasteiger partial charge in [0.2, 0.25) is 29.5 Å². The van der Waals surface area contributed by atoms with Gasteiger partial charge in [0.1, 0.15) is 12.1 Å². The fourth-order valence-corrected chi connectivity index (χ4v) is 4.39. The SMILES string of the molecule is COCCOCCNC(=O)CCC(NC(=O)CCC(NC(=O)CCOCCOP(C)(=O)O)C(=O)NCCOCCOC)C(=O)NCCOCCOC. The quantitative estimate of drug-likeness (QED) is 0.0304.